The van der Waals surface area contributed by atoms with Crippen molar-refractivity contribution < 1.29 is 23.0 Å². The second-order valence-corrected chi connectivity index (χ2v) is 6.55. The Morgan fingerprint density at radius 1 is 1.07 bits per heavy atom. The van der Waals surface area contributed by atoms with Gasteiger partial charge in [-0.1, -0.05) is 6.07 Å². The highest BCUT2D eigenvalue weighted by atomic mass is 19.1. The van der Waals surface area contributed by atoms with Crippen molar-refractivity contribution in [2.75, 3.05) is 36.5 Å². The molecule has 0 aliphatic carbocycles. The van der Waals surface area contributed by atoms with Gasteiger partial charge >= 0.3 is 0 Å². The Morgan fingerprint density at radius 2 is 1.74 bits per heavy atom. The summed E-state index contributed by atoms with van der Waals surface area (Å²) in [5.74, 6) is -2.00. The van der Waals surface area contributed by atoms with Crippen molar-refractivity contribution in [3.05, 3.63) is 53.7 Å². The number of pyridine rings is 1. The van der Waals surface area contributed by atoms with E-state index in [0.29, 0.717) is 13.2 Å². The van der Waals surface area contributed by atoms with E-state index in [1.54, 1.807) is 12.1 Å². The summed E-state index contributed by atoms with van der Waals surface area (Å²) >= 11 is 0. The van der Waals surface area contributed by atoms with Crippen molar-refractivity contribution in [2.45, 2.75) is 18.6 Å². The highest BCUT2D eigenvalue weighted by Gasteiger charge is 2.40. The molecule has 2 fully saturated rings. The summed E-state index contributed by atoms with van der Waals surface area (Å²) in [6.07, 6.45) is 2.91. The van der Waals surface area contributed by atoms with Crippen molar-refractivity contribution in [1.29, 1.82) is 0 Å². The van der Waals surface area contributed by atoms with Gasteiger partial charge in [-0.2, -0.15) is 0 Å². The van der Waals surface area contributed by atoms with Gasteiger partial charge in [-0.3, -0.25) is 4.79 Å². The van der Waals surface area contributed by atoms with Crippen molar-refractivity contribution >= 4 is 17.4 Å². The standard InChI is InChI=1S/C19H19F2N3O3/c20-14-2-1-3-15(21)17(14)23-18(25)13-4-5-16(22-12-13)24-8-6-19(7-9-24)26-10-11-27-19/h1-5,12H,6-11H2,(H,23,25). The lowest BCUT2D eigenvalue weighted by atomic mass is 10.0. The van der Waals surface area contributed by atoms with E-state index in [9.17, 15) is 13.6 Å². The average molecular weight is 375 g/mol. The van der Waals surface area contributed by atoms with Crippen LogP contribution in [0.3, 0.4) is 0 Å². The molecule has 1 amide bonds. The number of benzene rings is 1. The predicted octanol–water partition coefficient (Wildman–Crippen LogP) is 2.96. The van der Waals surface area contributed by atoms with Gasteiger partial charge in [0.2, 0.25) is 0 Å². The average Bonchev–Trinajstić information content (AvgIpc) is 3.13. The fraction of sp³-hybridized carbons (Fsp3) is 0.368. The molecule has 2 saturated heterocycles. The van der Waals surface area contributed by atoms with Crippen molar-refractivity contribution in [1.82, 2.24) is 4.98 Å². The molecule has 4 rings (SSSR count). The van der Waals surface area contributed by atoms with Crippen molar-refractivity contribution in [3.8, 4) is 0 Å². The Balaban J connectivity index is 1.41. The summed E-state index contributed by atoms with van der Waals surface area (Å²) in [7, 11) is 0. The van der Waals surface area contributed by atoms with Gasteiger partial charge in [0, 0.05) is 32.1 Å². The number of hydrogen-bond acceptors (Lipinski definition) is 5. The third-order valence-electron chi connectivity index (χ3n) is 4.87. The number of piperidine rings is 1. The molecule has 1 spiro atoms. The number of carbonyl (C=O) groups excluding carboxylic acids is 1. The molecule has 1 N–H and O–H groups in total. The molecule has 0 saturated carbocycles. The minimum absolute atomic E-state index is 0.220. The molecule has 0 bridgehead atoms. The lowest BCUT2D eigenvalue weighted by molar-refractivity contribution is -0.169. The number of amides is 1. The number of rotatable bonds is 3. The first kappa shape index (κ1) is 17.8. The molecule has 2 aliphatic rings. The first-order chi connectivity index (χ1) is 13.1. The van der Waals surface area contributed by atoms with Crippen LogP contribution < -0.4 is 10.2 Å². The zero-order chi connectivity index (χ0) is 18.9. The smallest absolute Gasteiger partial charge is 0.257 e. The summed E-state index contributed by atoms with van der Waals surface area (Å²) in [6, 6.07) is 6.72. The molecule has 142 valence electrons. The Labute approximate surface area is 155 Å². The molecule has 6 nitrogen and oxygen atoms in total. The number of carbonyl (C=O) groups is 1. The van der Waals surface area contributed by atoms with Crippen LogP contribution in [0.15, 0.2) is 36.5 Å². The summed E-state index contributed by atoms with van der Waals surface area (Å²) in [5.41, 5.74) is -0.248. The van der Waals surface area contributed by atoms with Crippen LogP contribution in [0.4, 0.5) is 20.3 Å². The Kier molecular flexibility index (Phi) is 4.75. The van der Waals surface area contributed by atoms with E-state index in [1.807, 2.05) is 0 Å². The summed E-state index contributed by atoms with van der Waals surface area (Å²) in [5, 5.41) is 2.25. The maximum absolute atomic E-state index is 13.7. The van der Waals surface area contributed by atoms with Crippen LogP contribution in [0.2, 0.25) is 0 Å². The second-order valence-electron chi connectivity index (χ2n) is 6.55. The van der Waals surface area contributed by atoms with Crippen LogP contribution in [-0.4, -0.2) is 43.0 Å². The van der Waals surface area contributed by atoms with Gasteiger partial charge in [-0.15, -0.1) is 0 Å². The van der Waals surface area contributed by atoms with Crippen LogP contribution in [0, 0.1) is 11.6 Å². The fourth-order valence-electron chi connectivity index (χ4n) is 3.37. The van der Waals surface area contributed by atoms with Crippen LogP contribution in [0.1, 0.15) is 23.2 Å². The predicted molar refractivity (Wildman–Crippen MR) is 94.6 cm³/mol. The summed E-state index contributed by atoms with van der Waals surface area (Å²) in [6.45, 7) is 2.73. The number of nitrogens with one attached hydrogen (secondary N) is 1. The van der Waals surface area contributed by atoms with E-state index in [-0.39, 0.29) is 5.56 Å². The highest BCUT2D eigenvalue weighted by molar-refractivity contribution is 6.04. The van der Waals surface area contributed by atoms with E-state index in [0.717, 1.165) is 43.9 Å². The van der Waals surface area contributed by atoms with E-state index in [1.165, 1.54) is 12.3 Å². The van der Waals surface area contributed by atoms with Gasteiger partial charge < -0.3 is 19.7 Å². The van der Waals surface area contributed by atoms with E-state index >= 15 is 0 Å². The maximum atomic E-state index is 13.7. The molecule has 0 unspecified atom stereocenters. The molecule has 8 heteroatoms. The normalized spacial score (nSPS) is 18.7. The Hall–Kier alpha value is -2.58. The number of aromatic nitrogens is 1. The van der Waals surface area contributed by atoms with Gasteiger partial charge in [0.25, 0.3) is 5.91 Å². The maximum Gasteiger partial charge on any atom is 0.257 e. The molecule has 0 atom stereocenters. The van der Waals surface area contributed by atoms with Crippen molar-refractivity contribution in [3.63, 3.8) is 0 Å². The topological polar surface area (TPSA) is 63.7 Å². The van der Waals surface area contributed by atoms with Crippen molar-refractivity contribution in [2.24, 2.45) is 0 Å². The first-order valence-corrected chi connectivity index (χ1v) is 8.81. The molecule has 2 aromatic rings. The number of halogens is 2. The molecule has 1 aromatic heterocycles. The second kappa shape index (κ2) is 7.21. The molecular formula is C19H19F2N3O3. The van der Waals surface area contributed by atoms with Gasteiger partial charge in [0.05, 0.1) is 18.8 Å². The summed E-state index contributed by atoms with van der Waals surface area (Å²) < 4.78 is 38.7. The number of hydrogen-bond donors (Lipinski definition) is 1. The third kappa shape index (κ3) is 3.63. The number of anilines is 2. The van der Waals surface area contributed by atoms with Gasteiger partial charge in [0.1, 0.15) is 23.1 Å². The molecular weight excluding hydrogens is 356 g/mol. The molecule has 0 radical (unpaired) electrons. The van der Waals surface area contributed by atoms with E-state index < -0.39 is 29.0 Å². The van der Waals surface area contributed by atoms with Gasteiger partial charge in [0.15, 0.2) is 5.79 Å². The van der Waals surface area contributed by atoms with Crippen LogP contribution in [0.5, 0.6) is 0 Å². The van der Waals surface area contributed by atoms with Crippen LogP contribution in [0.25, 0.3) is 0 Å². The molecule has 27 heavy (non-hydrogen) atoms. The first-order valence-electron chi connectivity index (χ1n) is 8.81. The zero-order valence-electron chi connectivity index (χ0n) is 14.6. The molecule has 1 aromatic carbocycles. The minimum Gasteiger partial charge on any atom is -0.356 e. The largest absolute Gasteiger partial charge is 0.356 e. The fourth-order valence-corrected chi connectivity index (χ4v) is 3.37. The third-order valence-corrected chi connectivity index (χ3v) is 4.87. The quantitative estimate of drug-likeness (QED) is 0.894. The van der Waals surface area contributed by atoms with E-state index in [4.69, 9.17) is 9.47 Å². The zero-order valence-corrected chi connectivity index (χ0v) is 14.6. The lowest BCUT2D eigenvalue weighted by Gasteiger charge is -2.38. The number of ether oxygens (including phenoxy) is 2. The Morgan fingerprint density at radius 3 is 2.33 bits per heavy atom. The van der Waals surface area contributed by atoms with Gasteiger partial charge in [-0.05, 0) is 24.3 Å². The molecule has 2 aliphatic heterocycles. The SMILES string of the molecule is O=C(Nc1c(F)cccc1F)c1ccc(N2CCC3(CC2)OCCO3)nc1. The number of para-hydroxylation sites is 1. The lowest BCUT2D eigenvalue weighted by Crippen LogP contribution is -2.45. The highest BCUT2D eigenvalue weighted by Crippen LogP contribution is 2.32. The number of nitrogens with zero attached hydrogens (tertiary/aromatic N) is 2. The summed E-state index contributed by atoms with van der Waals surface area (Å²) in [4.78, 5) is 18.7. The monoisotopic (exact) mass is 375 g/mol. The van der Waals surface area contributed by atoms with Gasteiger partial charge in [-0.25, -0.2) is 13.8 Å². The Bertz CT molecular complexity index is 808. The minimum atomic E-state index is -0.827. The van der Waals surface area contributed by atoms with Crippen LogP contribution in [-0.2, 0) is 9.47 Å². The molecule has 3 heterocycles. The van der Waals surface area contributed by atoms with Crippen LogP contribution >= 0.6 is 0 Å². The van der Waals surface area contributed by atoms with E-state index in [2.05, 4.69) is 15.2 Å².